The van der Waals surface area contributed by atoms with Gasteiger partial charge >= 0.3 is 6.03 Å². The number of rotatable bonds is 4. The van der Waals surface area contributed by atoms with Gasteiger partial charge < -0.3 is 26.2 Å². The van der Waals surface area contributed by atoms with E-state index in [2.05, 4.69) is 10.6 Å². The van der Waals surface area contributed by atoms with Crippen LogP contribution in [0, 0.1) is 0 Å². The molecule has 7 nitrogen and oxygen atoms in total. The molecule has 1 aliphatic rings. The molecule has 0 aromatic heterocycles. The van der Waals surface area contributed by atoms with E-state index in [4.69, 9.17) is 45.9 Å². The summed E-state index contributed by atoms with van der Waals surface area (Å²) in [6.45, 7) is 2.71. The molecule has 3 amide bonds. The SMILES string of the molecule is COC1=C(c2ccccc2NC(C)=O)C=C(Cl)C(C)(O)C1(Cl)C(=S)NC(N)=O. The summed E-state index contributed by atoms with van der Waals surface area (Å²) in [5.41, 5.74) is 4.60. The molecule has 1 aromatic carbocycles. The van der Waals surface area contributed by atoms with Gasteiger partial charge in [0.25, 0.3) is 0 Å². The minimum atomic E-state index is -1.95. The Morgan fingerprint density at radius 1 is 1.32 bits per heavy atom. The van der Waals surface area contributed by atoms with Gasteiger partial charge in [0.1, 0.15) is 16.3 Å². The van der Waals surface area contributed by atoms with Gasteiger partial charge in [-0.3, -0.25) is 4.79 Å². The van der Waals surface area contributed by atoms with E-state index in [1.165, 1.54) is 27.0 Å². The van der Waals surface area contributed by atoms with Crippen LogP contribution in [0.4, 0.5) is 10.5 Å². The minimum Gasteiger partial charge on any atom is -0.498 e. The standard InChI is InChI=1S/C18H19Cl2N3O4S/c1-9(24)22-12-7-5-4-6-10(12)11-8-13(19)17(2,26)18(20,14(11)27-3)15(28)23-16(21)25/h4-8,26H,1-3H3,(H,22,24)(H3,21,23,25,28). The Morgan fingerprint density at radius 2 is 1.93 bits per heavy atom. The van der Waals surface area contributed by atoms with Crippen molar-refractivity contribution in [3.63, 3.8) is 0 Å². The average molecular weight is 444 g/mol. The zero-order valence-corrected chi connectivity index (χ0v) is 17.6. The van der Waals surface area contributed by atoms with Crippen LogP contribution in [-0.2, 0) is 9.53 Å². The van der Waals surface area contributed by atoms with Gasteiger partial charge in [-0.25, -0.2) is 4.79 Å². The van der Waals surface area contributed by atoms with Crippen LogP contribution in [-0.4, -0.2) is 39.6 Å². The number of primary amides is 1. The number of nitrogens with one attached hydrogen (secondary N) is 2. The molecule has 2 atom stereocenters. The number of urea groups is 1. The highest BCUT2D eigenvalue weighted by molar-refractivity contribution is 7.80. The van der Waals surface area contributed by atoms with Gasteiger partial charge in [-0.1, -0.05) is 53.6 Å². The fraction of sp³-hybridized carbons (Fsp3) is 0.278. The molecule has 2 unspecified atom stereocenters. The maximum atomic E-state index is 11.6. The molecular formula is C18H19Cl2N3O4S. The Balaban J connectivity index is 2.81. The predicted octanol–water partition coefficient (Wildman–Crippen LogP) is 2.86. The number of carbonyl (C=O) groups is 2. The smallest absolute Gasteiger partial charge is 0.317 e. The van der Waals surface area contributed by atoms with Crippen molar-refractivity contribution in [3.8, 4) is 0 Å². The molecular weight excluding hydrogens is 425 g/mol. The highest BCUT2D eigenvalue weighted by Gasteiger charge is 2.58. The lowest BCUT2D eigenvalue weighted by Gasteiger charge is -2.44. The van der Waals surface area contributed by atoms with E-state index in [0.717, 1.165) is 0 Å². The topological polar surface area (TPSA) is 114 Å². The normalized spacial score (nSPS) is 24.3. The quantitative estimate of drug-likeness (QED) is 0.421. The number of hydrogen-bond acceptors (Lipinski definition) is 5. The van der Waals surface area contributed by atoms with Crippen molar-refractivity contribution >= 4 is 63.6 Å². The number of aliphatic hydroxyl groups is 1. The van der Waals surface area contributed by atoms with Crippen molar-refractivity contribution in [3.05, 3.63) is 46.7 Å². The van der Waals surface area contributed by atoms with Crippen LogP contribution >= 0.6 is 35.4 Å². The van der Waals surface area contributed by atoms with Crippen LogP contribution < -0.4 is 16.4 Å². The highest BCUT2D eigenvalue weighted by Crippen LogP contribution is 2.51. The van der Waals surface area contributed by atoms with E-state index in [1.54, 1.807) is 24.3 Å². The number of carbonyl (C=O) groups excluding carboxylic acids is 2. The molecule has 0 spiro atoms. The second kappa shape index (κ2) is 8.08. The number of halogens is 2. The van der Waals surface area contributed by atoms with E-state index >= 15 is 0 Å². The van der Waals surface area contributed by atoms with Crippen LogP contribution in [0.3, 0.4) is 0 Å². The lowest BCUT2D eigenvalue weighted by molar-refractivity contribution is -0.114. The number of allylic oxidation sites excluding steroid dienone is 2. The molecule has 2 rings (SSSR count). The van der Waals surface area contributed by atoms with Gasteiger partial charge in [0.2, 0.25) is 5.91 Å². The molecule has 1 aliphatic carbocycles. The van der Waals surface area contributed by atoms with Crippen LogP contribution in [0.5, 0.6) is 0 Å². The monoisotopic (exact) mass is 443 g/mol. The average Bonchev–Trinajstić information content (AvgIpc) is 2.59. The van der Waals surface area contributed by atoms with E-state index < -0.39 is 16.5 Å². The molecule has 0 radical (unpaired) electrons. The molecule has 28 heavy (non-hydrogen) atoms. The second-order valence-electron chi connectivity index (χ2n) is 6.22. The fourth-order valence-corrected chi connectivity index (χ4v) is 3.91. The van der Waals surface area contributed by atoms with Gasteiger partial charge in [-0.05, 0) is 19.1 Å². The lowest BCUT2D eigenvalue weighted by atomic mass is 9.78. The summed E-state index contributed by atoms with van der Waals surface area (Å²) in [7, 11) is 1.34. The summed E-state index contributed by atoms with van der Waals surface area (Å²) in [5, 5.41) is 15.9. The Morgan fingerprint density at radius 3 is 2.46 bits per heavy atom. The molecule has 1 aromatic rings. The van der Waals surface area contributed by atoms with E-state index in [-0.39, 0.29) is 21.7 Å². The van der Waals surface area contributed by atoms with Crippen molar-refractivity contribution in [2.75, 3.05) is 12.4 Å². The van der Waals surface area contributed by atoms with Crippen LogP contribution in [0.15, 0.2) is 41.1 Å². The Hall–Kier alpha value is -2.13. The number of amides is 3. The largest absolute Gasteiger partial charge is 0.498 e. The third-order valence-corrected chi connectivity index (χ3v) is 5.97. The third-order valence-electron chi connectivity index (χ3n) is 4.25. The first-order valence-corrected chi connectivity index (χ1v) is 9.18. The van der Waals surface area contributed by atoms with Crippen molar-refractivity contribution in [2.45, 2.75) is 24.3 Å². The summed E-state index contributed by atoms with van der Waals surface area (Å²) in [4.78, 5) is 20.7. The highest BCUT2D eigenvalue weighted by atomic mass is 35.5. The van der Waals surface area contributed by atoms with E-state index in [0.29, 0.717) is 16.8 Å². The number of ether oxygens (including phenoxy) is 1. The Kier molecular flexibility index (Phi) is 6.40. The number of nitrogens with two attached hydrogens (primary N) is 1. The van der Waals surface area contributed by atoms with E-state index in [9.17, 15) is 14.7 Å². The molecule has 0 bridgehead atoms. The number of alkyl halides is 1. The fourth-order valence-electron chi connectivity index (χ4n) is 2.89. The molecule has 5 N–H and O–H groups in total. The maximum absolute atomic E-state index is 11.6. The zero-order valence-electron chi connectivity index (χ0n) is 15.3. The molecule has 0 aliphatic heterocycles. The minimum absolute atomic E-state index is 0.0279. The predicted molar refractivity (Wildman–Crippen MR) is 113 cm³/mol. The van der Waals surface area contributed by atoms with Gasteiger partial charge in [0.05, 0.1) is 12.1 Å². The van der Waals surface area contributed by atoms with Gasteiger partial charge in [-0.15, -0.1) is 0 Å². The number of methoxy groups -OCH3 is 1. The van der Waals surface area contributed by atoms with Crippen molar-refractivity contribution in [1.29, 1.82) is 0 Å². The number of hydrogen-bond donors (Lipinski definition) is 4. The molecule has 0 saturated carbocycles. The molecule has 150 valence electrons. The first-order valence-electron chi connectivity index (χ1n) is 8.02. The summed E-state index contributed by atoms with van der Waals surface area (Å²) in [6, 6.07) is 5.91. The second-order valence-corrected chi connectivity index (χ2v) is 7.60. The number of anilines is 1. The number of para-hydroxylation sites is 1. The maximum Gasteiger partial charge on any atom is 0.317 e. The zero-order chi connectivity index (χ0) is 21.3. The summed E-state index contributed by atoms with van der Waals surface area (Å²) >= 11 is 18.4. The van der Waals surface area contributed by atoms with Crippen molar-refractivity contribution in [2.24, 2.45) is 5.73 Å². The molecule has 0 fully saturated rings. The summed E-state index contributed by atoms with van der Waals surface area (Å²) in [6.07, 6.45) is 1.47. The molecule has 0 saturated heterocycles. The number of benzene rings is 1. The third kappa shape index (κ3) is 3.73. The van der Waals surface area contributed by atoms with Gasteiger partial charge in [-0.2, -0.15) is 0 Å². The Labute approximate surface area is 177 Å². The summed E-state index contributed by atoms with van der Waals surface area (Å²) < 4.78 is 5.51. The van der Waals surface area contributed by atoms with Gasteiger partial charge in [0, 0.05) is 23.7 Å². The van der Waals surface area contributed by atoms with E-state index in [1.807, 2.05) is 0 Å². The summed E-state index contributed by atoms with van der Waals surface area (Å²) in [5.74, 6) is -0.256. The molecule has 0 heterocycles. The Bertz CT molecular complexity index is 914. The van der Waals surface area contributed by atoms with Crippen LogP contribution in [0.1, 0.15) is 19.4 Å². The van der Waals surface area contributed by atoms with Crippen molar-refractivity contribution < 1.29 is 19.4 Å². The van der Waals surface area contributed by atoms with Crippen LogP contribution in [0.25, 0.3) is 5.57 Å². The first-order chi connectivity index (χ1) is 13.0. The molecule has 10 heteroatoms. The van der Waals surface area contributed by atoms with Gasteiger partial charge in [0.15, 0.2) is 4.87 Å². The number of thiocarbonyl (C=S) groups is 1. The first kappa shape index (κ1) is 22.2. The lowest BCUT2D eigenvalue weighted by Crippen LogP contribution is -2.61. The van der Waals surface area contributed by atoms with Crippen LogP contribution in [0.2, 0.25) is 0 Å². The van der Waals surface area contributed by atoms with Crippen molar-refractivity contribution in [1.82, 2.24) is 5.32 Å².